The molecule has 0 fully saturated rings. The van der Waals surface area contributed by atoms with E-state index in [1.807, 2.05) is 48.8 Å². The van der Waals surface area contributed by atoms with Gasteiger partial charge in [-0.3, -0.25) is 9.88 Å². The normalized spacial score (nSPS) is 13.6. The number of methoxy groups -OCH3 is 1. The largest absolute Gasteiger partial charge is 0.497 e. The maximum Gasteiger partial charge on any atom is 0.278 e. The summed E-state index contributed by atoms with van der Waals surface area (Å²) < 4.78 is 11.0. The maximum absolute atomic E-state index is 5.87. The van der Waals surface area contributed by atoms with Crippen LogP contribution in [0.3, 0.4) is 0 Å². The molecule has 7 nitrogen and oxygen atoms in total. The highest BCUT2D eigenvalue weighted by molar-refractivity contribution is 7.13. The summed E-state index contributed by atoms with van der Waals surface area (Å²) in [6, 6.07) is 11.4. The summed E-state index contributed by atoms with van der Waals surface area (Å²) in [6.07, 6.45) is 8.29. The van der Waals surface area contributed by atoms with Crippen LogP contribution < -0.4 is 9.47 Å². The summed E-state index contributed by atoms with van der Waals surface area (Å²) in [5.74, 6) is 2.28. The summed E-state index contributed by atoms with van der Waals surface area (Å²) in [5, 5.41) is 0.641. The average Bonchev–Trinajstić information content (AvgIpc) is 3.26. The molecule has 1 aliphatic heterocycles. The smallest absolute Gasteiger partial charge is 0.278 e. The van der Waals surface area contributed by atoms with Crippen LogP contribution in [0.2, 0.25) is 0 Å². The molecule has 0 radical (unpaired) electrons. The van der Waals surface area contributed by atoms with Crippen molar-refractivity contribution in [2.24, 2.45) is 0 Å². The molecule has 0 amide bonds. The van der Waals surface area contributed by atoms with Crippen molar-refractivity contribution in [3.63, 3.8) is 0 Å². The van der Waals surface area contributed by atoms with E-state index in [0.29, 0.717) is 5.19 Å². The van der Waals surface area contributed by atoms with E-state index in [0.717, 1.165) is 54.6 Å². The molecule has 8 heteroatoms. The number of ether oxygens (including phenoxy) is 2. The van der Waals surface area contributed by atoms with Gasteiger partial charge in [-0.25, -0.2) is 15.0 Å². The monoisotopic (exact) mass is 431 g/mol. The van der Waals surface area contributed by atoms with E-state index in [9.17, 15) is 0 Å². The highest BCUT2D eigenvalue weighted by Gasteiger charge is 2.20. The first-order chi connectivity index (χ1) is 15.3. The molecule has 31 heavy (non-hydrogen) atoms. The Morgan fingerprint density at radius 3 is 2.71 bits per heavy atom. The van der Waals surface area contributed by atoms with E-state index >= 15 is 0 Å². The Kier molecular flexibility index (Phi) is 5.56. The summed E-state index contributed by atoms with van der Waals surface area (Å²) in [6.45, 7) is 2.60. The lowest BCUT2D eigenvalue weighted by Gasteiger charge is -2.27. The Morgan fingerprint density at radius 1 is 1.03 bits per heavy atom. The zero-order chi connectivity index (χ0) is 21.0. The second-order valence-electron chi connectivity index (χ2n) is 7.24. The third-order valence-corrected chi connectivity index (χ3v) is 5.97. The van der Waals surface area contributed by atoms with Gasteiger partial charge in [-0.2, -0.15) is 0 Å². The van der Waals surface area contributed by atoms with Gasteiger partial charge < -0.3 is 9.47 Å². The molecule has 5 rings (SSSR count). The number of rotatable bonds is 6. The van der Waals surface area contributed by atoms with Gasteiger partial charge in [0, 0.05) is 66.8 Å². The zero-order valence-electron chi connectivity index (χ0n) is 17.1. The summed E-state index contributed by atoms with van der Waals surface area (Å²) >= 11 is 1.57. The van der Waals surface area contributed by atoms with E-state index < -0.39 is 0 Å². The molecule has 4 heterocycles. The summed E-state index contributed by atoms with van der Waals surface area (Å²) in [7, 11) is 1.65. The Balaban J connectivity index is 1.22. The van der Waals surface area contributed by atoms with Gasteiger partial charge in [0.15, 0.2) is 5.82 Å². The lowest BCUT2D eigenvalue weighted by molar-refractivity contribution is 0.245. The molecule has 0 N–H and O–H groups in total. The number of aromatic nitrogens is 4. The highest BCUT2D eigenvalue weighted by Crippen LogP contribution is 2.29. The molecule has 0 aliphatic carbocycles. The molecule has 156 valence electrons. The Bertz CT molecular complexity index is 1160. The van der Waals surface area contributed by atoms with Gasteiger partial charge >= 0.3 is 0 Å². The molecule has 0 spiro atoms. The second kappa shape index (κ2) is 8.79. The van der Waals surface area contributed by atoms with E-state index in [1.54, 1.807) is 30.8 Å². The van der Waals surface area contributed by atoms with E-state index in [-0.39, 0.29) is 0 Å². The second-order valence-corrected chi connectivity index (χ2v) is 8.32. The van der Waals surface area contributed by atoms with Crippen LogP contribution >= 0.6 is 11.3 Å². The summed E-state index contributed by atoms with van der Waals surface area (Å²) in [5.41, 5.74) is 3.25. The van der Waals surface area contributed by atoms with Gasteiger partial charge in [-0.15, -0.1) is 0 Å². The quantitative estimate of drug-likeness (QED) is 0.449. The molecule has 0 atom stereocenters. The molecule has 3 aromatic heterocycles. The van der Waals surface area contributed by atoms with Crippen LogP contribution in [0.15, 0.2) is 61.2 Å². The fourth-order valence-electron chi connectivity index (χ4n) is 3.52. The minimum absolute atomic E-state index is 0.641. The van der Waals surface area contributed by atoms with Crippen molar-refractivity contribution in [2.75, 3.05) is 13.7 Å². The van der Waals surface area contributed by atoms with Gasteiger partial charge in [0.2, 0.25) is 0 Å². The van der Waals surface area contributed by atoms with E-state index in [4.69, 9.17) is 14.5 Å². The Hall–Kier alpha value is -3.36. The van der Waals surface area contributed by atoms with Crippen LogP contribution in [-0.4, -0.2) is 38.5 Å². The standard InChI is InChI=1S/C23H21N5O2S/c1-29-18-4-6-19(7-5-18)30-23-26-13-20(31-23)15-28-10-8-21-17(14-28)12-25-22(27-21)16-3-2-9-24-11-16/h2-7,9,11-13H,8,10,14-15H2,1H3. The van der Waals surface area contributed by atoms with Crippen LogP contribution in [0.1, 0.15) is 16.1 Å². The van der Waals surface area contributed by atoms with Crippen LogP contribution in [0.5, 0.6) is 16.7 Å². The van der Waals surface area contributed by atoms with Crippen molar-refractivity contribution in [1.29, 1.82) is 0 Å². The predicted octanol–water partition coefficient (Wildman–Crippen LogP) is 4.35. The van der Waals surface area contributed by atoms with Crippen LogP contribution in [0.25, 0.3) is 11.4 Å². The molecule has 0 saturated carbocycles. The molecule has 4 aromatic rings. The van der Waals surface area contributed by atoms with E-state index in [1.165, 1.54) is 10.4 Å². The molecule has 1 aromatic carbocycles. The SMILES string of the molecule is COc1ccc(Oc2ncc(CN3CCc4nc(-c5cccnc5)ncc4C3)s2)cc1. The predicted molar refractivity (Wildman–Crippen MR) is 118 cm³/mol. The minimum atomic E-state index is 0.641. The van der Waals surface area contributed by atoms with Crippen molar-refractivity contribution in [3.05, 3.63) is 77.3 Å². The van der Waals surface area contributed by atoms with Gasteiger partial charge in [0.1, 0.15) is 11.5 Å². The number of nitrogens with zero attached hydrogens (tertiary/aromatic N) is 5. The van der Waals surface area contributed by atoms with Gasteiger partial charge in [0.25, 0.3) is 5.19 Å². The van der Waals surface area contributed by atoms with Crippen LogP contribution in [0, 0.1) is 0 Å². The fourth-order valence-corrected chi connectivity index (χ4v) is 4.34. The third kappa shape index (κ3) is 4.55. The number of thiazole rings is 1. The zero-order valence-corrected chi connectivity index (χ0v) is 17.9. The maximum atomic E-state index is 5.87. The van der Waals surface area contributed by atoms with E-state index in [2.05, 4.69) is 19.9 Å². The van der Waals surface area contributed by atoms with Gasteiger partial charge in [-0.05, 0) is 36.4 Å². The third-order valence-electron chi connectivity index (χ3n) is 5.11. The van der Waals surface area contributed by atoms with Crippen molar-refractivity contribution in [2.45, 2.75) is 19.5 Å². The first kappa shape index (κ1) is 19.6. The average molecular weight is 432 g/mol. The van der Waals surface area contributed by atoms with Crippen LogP contribution in [-0.2, 0) is 19.5 Å². The molecule has 0 bridgehead atoms. The first-order valence-corrected chi connectivity index (χ1v) is 10.8. The number of benzene rings is 1. The minimum Gasteiger partial charge on any atom is -0.497 e. The molecule has 1 aliphatic rings. The molecule has 0 saturated heterocycles. The van der Waals surface area contributed by atoms with Crippen LogP contribution in [0.4, 0.5) is 0 Å². The van der Waals surface area contributed by atoms with Crippen molar-refractivity contribution in [3.8, 4) is 28.1 Å². The topological polar surface area (TPSA) is 73.3 Å². The fraction of sp³-hybridized carbons (Fsp3) is 0.217. The highest BCUT2D eigenvalue weighted by atomic mass is 32.1. The number of fused-ring (bicyclic) bond motifs is 1. The Labute approximate surface area is 184 Å². The summed E-state index contributed by atoms with van der Waals surface area (Å²) in [4.78, 5) is 21.5. The number of pyridine rings is 1. The molecule has 0 unspecified atom stereocenters. The van der Waals surface area contributed by atoms with Gasteiger partial charge in [0.05, 0.1) is 12.8 Å². The van der Waals surface area contributed by atoms with Crippen molar-refractivity contribution < 1.29 is 9.47 Å². The number of hydrogen-bond acceptors (Lipinski definition) is 8. The first-order valence-electron chi connectivity index (χ1n) is 10.0. The lowest BCUT2D eigenvalue weighted by Crippen LogP contribution is -2.30. The Morgan fingerprint density at radius 2 is 1.90 bits per heavy atom. The van der Waals surface area contributed by atoms with Gasteiger partial charge in [-0.1, -0.05) is 11.3 Å². The lowest BCUT2D eigenvalue weighted by atomic mass is 10.1. The van der Waals surface area contributed by atoms with Crippen molar-refractivity contribution in [1.82, 2.24) is 24.8 Å². The number of hydrogen-bond donors (Lipinski definition) is 0. The molecular weight excluding hydrogens is 410 g/mol. The van der Waals surface area contributed by atoms with Crippen molar-refractivity contribution >= 4 is 11.3 Å². The molecular formula is C23H21N5O2S.